The van der Waals surface area contributed by atoms with Crippen LogP contribution in [0.5, 0.6) is 0 Å². The number of benzene rings is 2. The molecule has 2 heterocycles. The molecule has 0 bridgehead atoms. The van der Waals surface area contributed by atoms with Crippen molar-refractivity contribution in [3.8, 4) is 0 Å². The maximum absolute atomic E-state index is 6.05. The Kier molecular flexibility index (Phi) is 4.81. The van der Waals surface area contributed by atoms with Gasteiger partial charge in [0.1, 0.15) is 11.5 Å². The second-order valence-electron chi connectivity index (χ2n) is 6.98. The van der Waals surface area contributed by atoms with E-state index >= 15 is 0 Å². The maximum atomic E-state index is 6.05. The Bertz CT molecular complexity index is 1170. The lowest BCUT2D eigenvalue weighted by Gasteiger charge is -2.19. The van der Waals surface area contributed by atoms with Crippen LogP contribution >= 0.6 is 15.9 Å². The summed E-state index contributed by atoms with van der Waals surface area (Å²) in [5.74, 6) is 1.07. The third-order valence-electron chi connectivity index (χ3n) is 5.13. The molecule has 0 unspecified atom stereocenters. The molecule has 2 N–H and O–H groups in total. The van der Waals surface area contributed by atoms with E-state index in [4.69, 9.17) is 5.73 Å². The summed E-state index contributed by atoms with van der Waals surface area (Å²) < 4.78 is 3.13. The first-order valence-electron chi connectivity index (χ1n) is 9.09. The van der Waals surface area contributed by atoms with Gasteiger partial charge in [-0.25, -0.2) is 0 Å². The van der Waals surface area contributed by atoms with Gasteiger partial charge < -0.3 is 15.2 Å². The van der Waals surface area contributed by atoms with Gasteiger partial charge in [0.05, 0.1) is 5.39 Å². The number of aromatic nitrogens is 3. The lowest BCUT2D eigenvalue weighted by atomic mass is 10.0. The first-order chi connectivity index (χ1) is 13.4. The molecule has 0 spiro atoms. The molecule has 0 aliphatic carbocycles. The van der Waals surface area contributed by atoms with Crippen LogP contribution in [0.25, 0.3) is 11.0 Å². The van der Waals surface area contributed by atoms with E-state index in [1.54, 1.807) is 0 Å². The average molecular weight is 436 g/mol. The molecule has 0 radical (unpaired) electrons. The molecule has 0 fully saturated rings. The van der Waals surface area contributed by atoms with Crippen LogP contribution in [0.4, 0.5) is 17.5 Å². The van der Waals surface area contributed by atoms with Gasteiger partial charge in [0.2, 0.25) is 5.95 Å². The number of hydrogen-bond acceptors (Lipinski definition) is 4. The van der Waals surface area contributed by atoms with Crippen LogP contribution in [0.2, 0.25) is 0 Å². The number of anilines is 3. The minimum absolute atomic E-state index is 0.271. The van der Waals surface area contributed by atoms with Crippen LogP contribution in [0.1, 0.15) is 16.8 Å². The fraction of sp³-hybridized carbons (Fsp3) is 0.182. The molecule has 0 saturated carbocycles. The van der Waals surface area contributed by atoms with Crippen molar-refractivity contribution in [1.82, 2.24) is 14.5 Å². The van der Waals surface area contributed by atoms with Crippen molar-refractivity contribution in [1.29, 1.82) is 0 Å². The molecule has 28 heavy (non-hydrogen) atoms. The van der Waals surface area contributed by atoms with Crippen molar-refractivity contribution >= 4 is 44.4 Å². The van der Waals surface area contributed by atoms with Gasteiger partial charge in [0.15, 0.2) is 0 Å². The van der Waals surface area contributed by atoms with Crippen LogP contribution in [0, 0.1) is 6.92 Å². The smallest absolute Gasteiger partial charge is 0.224 e. The normalized spacial score (nSPS) is 11.1. The molecule has 2 aromatic heterocycles. The number of nitrogens with zero attached hydrogens (tertiary/aromatic N) is 4. The number of nitrogens with two attached hydrogens (primary N) is 1. The second-order valence-corrected chi connectivity index (χ2v) is 7.90. The summed E-state index contributed by atoms with van der Waals surface area (Å²) in [6, 6.07) is 18.7. The number of nitrogen functional groups attached to an aromatic ring is 1. The van der Waals surface area contributed by atoms with E-state index in [9.17, 15) is 0 Å². The summed E-state index contributed by atoms with van der Waals surface area (Å²) in [6.45, 7) is 2.14. The minimum Gasteiger partial charge on any atom is -0.368 e. The van der Waals surface area contributed by atoms with Crippen molar-refractivity contribution < 1.29 is 0 Å². The average Bonchev–Trinajstić information content (AvgIpc) is 2.98. The summed E-state index contributed by atoms with van der Waals surface area (Å²) in [5, 5.41) is 0.989. The third-order valence-corrected chi connectivity index (χ3v) is 5.62. The summed E-state index contributed by atoms with van der Waals surface area (Å²) in [7, 11) is 4.03. The zero-order valence-electron chi connectivity index (χ0n) is 16.1. The summed E-state index contributed by atoms with van der Waals surface area (Å²) >= 11 is 3.54. The fourth-order valence-corrected chi connectivity index (χ4v) is 3.87. The molecular weight excluding hydrogens is 414 g/mol. The van der Waals surface area contributed by atoms with E-state index in [2.05, 4.69) is 73.8 Å². The highest BCUT2D eigenvalue weighted by atomic mass is 79.9. The Labute approximate surface area is 173 Å². The highest BCUT2D eigenvalue weighted by molar-refractivity contribution is 9.10. The van der Waals surface area contributed by atoms with Gasteiger partial charge in [-0.1, -0.05) is 46.3 Å². The standard InChI is InChI=1S/C22H22BrN5/c1-14-7-4-5-8-15(14)11-18-13-19-20(25-22(24)26-21(19)28(18)3)27(2)17-10-6-9-16(23)12-17/h4-10,12-13H,11H2,1-3H3,(H2,24,25,26). The highest BCUT2D eigenvalue weighted by Gasteiger charge is 2.18. The van der Waals surface area contributed by atoms with Crippen LogP contribution in [-0.2, 0) is 13.5 Å². The van der Waals surface area contributed by atoms with Gasteiger partial charge in [-0.05, 0) is 42.3 Å². The largest absolute Gasteiger partial charge is 0.368 e. The molecule has 0 atom stereocenters. The maximum Gasteiger partial charge on any atom is 0.224 e. The van der Waals surface area contributed by atoms with E-state index in [-0.39, 0.29) is 5.95 Å². The van der Waals surface area contributed by atoms with Crippen molar-refractivity contribution in [3.05, 3.63) is 75.9 Å². The van der Waals surface area contributed by atoms with Crippen molar-refractivity contribution in [2.75, 3.05) is 17.7 Å². The first-order valence-corrected chi connectivity index (χ1v) is 9.89. The fourth-order valence-electron chi connectivity index (χ4n) is 3.48. The predicted octanol–water partition coefficient (Wildman–Crippen LogP) is 4.98. The Hall–Kier alpha value is -2.86. The molecule has 0 aliphatic heterocycles. The number of hydrogen-bond donors (Lipinski definition) is 1. The lowest BCUT2D eigenvalue weighted by molar-refractivity contribution is 0.864. The van der Waals surface area contributed by atoms with Gasteiger partial charge in [-0.15, -0.1) is 0 Å². The second kappa shape index (κ2) is 7.28. The summed E-state index contributed by atoms with van der Waals surface area (Å²) in [6.07, 6.45) is 0.833. The number of rotatable bonds is 4. The molecule has 0 saturated heterocycles. The van der Waals surface area contributed by atoms with E-state index in [0.29, 0.717) is 0 Å². The third kappa shape index (κ3) is 3.36. The molecule has 5 nitrogen and oxygen atoms in total. The van der Waals surface area contributed by atoms with E-state index in [1.165, 1.54) is 16.8 Å². The molecule has 0 amide bonds. The summed E-state index contributed by atoms with van der Waals surface area (Å²) in [5.41, 5.74) is 11.7. The Morgan fingerprint density at radius 3 is 2.61 bits per heavy atom. The minimum atomic E-state index is 0.271. The monoisotopic (exact) mass is 435 g/mol. The zero-order valence-corrected chi connectivity index (χ0v) is 17.7. The van der Waals surface area contributed by atoms with Gasteiger partial charge >= 0.3 is 0 Å². The van der Waals surface area contributed by atoms with E-state index < -0.39 is 0 Å². The predicted molar refractivity (Wildman–Crippen MR) is 119 cm³/mol. The number of fused-ring (bicyclic) bond motifs is 1. The van der Waals surface area contributed by atoms with Crippen LogP contribution < -0.4 is 10.6 Å². The van der Waals surface area contributed by atoms with Crippen LogP contribution in [0.3, 0.4) is 0 Å². The Morgan fingerprint density at radius 2 is 1.86 bits per heavy atom. The van der Waals surface area contributed by atoms with Gasteiger partial charge in [-0.2, -0.15) is 9.97 Å². The molecule has 4 rings (SSSR count). The van der Waals surface area contributed by atoms with E-state index in [0.717, 1.165) is 33.4 Å². The topological polar surface area (TPSA) is 60.0 Å². The number of halogens is 1. The lowest BCUT2D eigenvalue weighted by Crippen LogP contribution is -2.13. The van der Waals surface area contributed by atoms with E-state index in [1.807, 2.05) is 37.2 Å². The van der Waals surface area contributed by atoms with Crippen LogP contribution in [-0.4, -0.2) is 21.6 Å². The molecule has 0 aliphatic rings. The Balaban J connectivity index is 1.83. The van der Waals surface area contributed by atoms with Crippen molar-refractivity contribution in [2.45, 2.75) is 13.3 Å². The van der Waals surface area contributed by atoms with Crippen LogP contribution in [0.15, 0.2) is 59.1 Å². The van der Waals surface area contributed by atoms with Crippen molar-refractivity contribution in [2.24, 2.45) is 7.05 Å². The van der Waals surface area contributed by atoms with Gasteiger partial charge in [-0.3, -0.25) is 0 Å². The number of aryl methyl sites for hydroxylation is 2. The molecule has 2 aromatic carbocycles. The molecule has 142 valence electrons. The first kappa shape index (κ1) is 18.5. The van der Waals surface area contributed by atoms with Crippen molar-refractivity contribution in [3.63, 3.8) is 0 Å². The molecule has 6 heteroatoms. The summed E-state index contributed by atoms with van der Waals surface area (Å²) in [4.78, 5) is 11.1. The Morgan fingerprint density at radius 1 is 1.07 bits per heavy atom. The quantitative estimate of drug-likeness (QED) is 0.490. The molecule has 4 aromatic rings. The SMILES string of the molecule is Cc1ccccc1Cc1cc2c(N(C)c3cccc(Br)c3)nc(N)nc2n1C. The van der Waals surface area contributed by atoms with Gasteiger partial charge in [0, 0.05) is 36.4 Å². The molecular formula is C22H22BrN5. The zero-order chi connectivity index (χ0) is 19.8. The highest BCUT2D eigenvalue weighted by Crippen LogP contribution is 2.32. The van der Waals surface area contributed by atoms with Gasteiger partial charge in [0.25, 0.3) is 0 Å².